The topological polar surface area (TPSA) is 131 Å². The Morgan fingerprint density at radius 2 is 1.08 bits per heavy atom. The van der Waals surface area contributed by atoms with Gasteiger partial charge in [-0.2, -0.15) is 0 Å². The lowest BCUT2D eigenvalue weighted by atomic mass is 10.0. The average molecular weight is 908 g/mol. The van der Waals surface area contributed by atoms with Gasteiger partial charge in [0, 0.05) is 12.8 Å². The van der Waals surface area contributed by atoms with Crippen LogP contribution >= 0.6 is 7.82 Å². The van der Waals surface area contributed by atoms with Gasteiger partial charge in [0.15, 0.2) is 6.10 Å². The number of carbonyl (C=O) groups is 2. The first-order valence-electron chi connectivity index (χ1n) is 25.1. The third-order valence-corrected chi connectivity index (χ3v) is 11.6. The van der Waals surface area contributed by atoms with Crippen LogP contribution in [0.25, 0.3) is 0 Å². The Morgan fingerprint density at radius 3 is 1.70 bits per heavy atom. The average Bonchev–Trinajstić information content (AvgIpc) is 3.23. The molecule has 3 atom stereocenters. The second-order valence-corrected chi connectivity index (χ2v) is 19.4. The van der Waals surface area contributed by atoms with Crippen LogP contribution in [0.5, 0.6) is 0 Å². The highest BCUT2D eigenvalue weighted by molar-refractivity contribution is 7.45. The molecule has 0 saturated carbocycles. The number of esters is 2. The molecule has 0 aromatic carbocycles. The maximum atomic E-state index is 12.7. The quantitative estimate of drug-likeness (QED) is 0.0158. The van der Waals surface area contributed by atoms with Crippen LogP contribution < -0.4 is 4.89 Å². The fourth-order valence-corrected chi connectivity index (χ4v) is 7.33. The van der Waals surface area contributed by atoms with Crippen LogP contribution in [0.3, 0.4) is 0 Å². The van der Waals surface area contributed by atoms with Crippen molar-refractivity contribution in [3.63, 3.8) is 0 Å². The summed E-state index contributed by atoms with van der Waals surface area (Å²) in [7, 11) is 1.09. The van der Waals surface area contributed by atoms with Crippen LogP contribution in [0, 0.1) is 0 Å². The van der Waals surface area contributed by atoms with E-state index in [4.69, 9.17) is 18.5 Å². The number of aliphatic hydroxyl groups excluding tert-OH is 1. The summed E-state index contributed by atoms with van der Waals surface area (Å²) in [5.74, 6) is -0.941. The molecular weight excluding hydrogens is 814 g/mol. The molecule has 1 unspecified atom stereocenters. The molecule has 0 aromatic heterocycles. The van der Waals surface area contributed by atoms with Crippen LogP contribution in [0.15, 0.2) is 60.8 Å². The number of phosphoric ester groups is 1. The summed E-state index contributed by atoms with van der Waals surface area (Å²) in [6, 6.07) is 0. The number of ether oxygens (including phenoxy) is 2. The van der Waals surface area contributed by atoms with Crippen LogP contribution in [-0.2, 0) is 32.7 Å². The summed E-state index contributed by atoms with van der Waals surface area (Å²) in [5.41, 5.74) is 0. The van der Waals surface area contributed by atoms with Crippen LogP contribution in [0.1, 0.15) is 200 Å². The van der Waals surface area contributed by atoms with E-state index in [0.717, 1.165) is 25.7 Å². The number of allylic oxidation sites excluding steroid dienone is 8. The Morgan fingerprint density at radius 1 is 0.587 bits per heavy atom. The van der Waals surface area contributed by atoms with Gasteiger partial charge in [-0.15, -0.1) is 0 Å². The van der Waals surface area contributed by atoms with Crippen molar-refractivity contribution in [2.24, 2.45) is 0 Å². The van der Waals surface area contributed by atoms with Crippen molar-refractivity contribution >= 4 is 19.8 Å². The molecule has 0 saturated heterocycles. The standard InChI is InChI=1S/C52H94NO9P/c1-6-8-10-12-14-15-16-17-18-19-20-21-22-23-24-25-26-27-31-35-39-43-51(55)59-47-50(48-61-63(57,58)60-46-45-53(3,4)5)62-52(56)44-40-36-32-28-30-34-38-42-49(54)41-37-33-29-13-11-9-7-2/h17-18,28-29,32-34,37-38,41,49-50,54H,6-16,19-27,30-31,35-36,39-40,42-48H2,1-5H3/b18-17-,32-28+,33-29-,38-34-,41-37-/t49-,50+/m0/s1. The Hall–Kier alpha value is -2.33. The van der Waals surface area contributed by atoms with Crippen molar-refractivity contribution < 1.29 is 47.2 Å². The van der Waals surface area contributed by atoms with E-state index in [-0.39, 0.29) is 26.1 Å². The molecular formula is C52H94NO9P. The summed E-state index contributed by atoms with van der Waals surface area (Å²) < 4.78 is 33.9. The van der Waals surface area contributed by atoms with E-state index in [2.05, 4.69) is 32.1 Å². The van der Waals surface area contributed by atoms with E-state index >= 15 is 0 Å². The number of nitrogens with zero attached hydrogens (tertiary/aromatic N) is 1. The minimum absolute atomic E-state index is 0.0544. The highest BCUT2D eigenvalue weighted by Crippen LogP contribution is 2.38. The van der Waals surface area contributed by atoms with E-state index in [9.17, 15) is 24.2 Å². The van der Waals surface area contributed by atoms with E-state index < -0.39 is 38.6 Å². The summed E-state index contributed by atoms with van der Waals surface area (Å²) in [4.78, 5) is 37.7. The molecule has 0 amide bonds. The summed E-state index contributed by atoms with van der Waals surface area (Å²) in [6.45, 7) is 4.04. The number of rotatable bonds is 45. The van der Waals surface area contributed by atoms with Crippen LogP contribution in [-0.4, -0.2) is 81.2 Å². The molecule has 0 bridgehead atoms. The van der Waals surface area contributed by atoms with Crippen molar-refractivity contribution in [2.45, 2.75) is 212 Å². The monoisotopic (exact) mass is 908 g/mol. The van der Waals surface area contributed by atoms with Gasteiger partial charge in [0.2, 0.25) is 0 Å². The zero-order chi connectivity index (χ0) is 46.5. The number of unbranched alkanes of at least 4 members (excludes halogenated alkanes) is 21. The zero-order valence-corrected chi connectivity index (χ0v) is 41.8. The smallest absolute Gasteiger partial charge is 0.306 e. The largest absolute Gasteiger partial charge is 0.756 e. The van der Waals surface area contributed by atoms with Gasteiger partial charge in [-0.05, 0) is 70.6 Å². The maximum Gasteiger partial charge on any atom is 0.306 e. The Bertz CT molecular complexity index is 1270. The minimum Gasteiger partial charge on any atom is -0.756 e. The highest BCUT2D eigenvalue weighted by Gasteiger charge is 2.21. The van der Waals surface area contributed by atoms with Crippen molar-refractivity contribution in [2.75, 3.05) is 47.5 Å². The Labute approximate surface area is 386 Å². The van der Waals surface area contributed by atoms with E-state index in [1.54, 1.807) is 6.08 Å². The van der Waals surface area contributed by atoms with Crippen molar-refractivity contribution in [3.8, 4) is 0 Å². The predicted octanol–water partition coefficient (Wildman–Crippen LogP) is 13.1. The van der Waals surface area contributed by atoms with Crippen LogP contribution in [0.2, 0.25) is 0 Å². The molecule has 0 aromatic rings. The fraction of sp³-hybridized carbons (Fsp3) is 0.769. The predicted molar refractivity (Wildman–Crippen MR) is 260 cm³/mol. The molecule has 10 nitrogen and oxygen atoms in total. The van der Waals surface area contributed by atoms with Gasteiger partial charge < -0.3 is 33.0 Å². The zero-order valence-electron chi connectivity index (χ0n) is 40.9. The first-order chi connectivity index (χ1) is 30.4. The molecule has 0 aliphatic carbocycles. The van der Waals surface area contributed by atoms with Gasteiger partial charge in [0.05, 0.1) is 33.9 Å². The van der Waals surface area contributed by atoms with E-state index in [0.29, 0.717) is 43.1 Å². The van der Waals surface area contributed by atoms with Gasteiger partial charge in [0.1, 0.15) is 19.8 Å². The fourth-order valence-electron chi connectivity index (χ4n) is 6.60. The lowest BCUT2D eigenvalue weighted by molar-refractivity contribution is -0.870. The Balaban J connectivity index is 4.38. The van der Waals surface area contributed by atoms with Gasteiger partial charge in [-0.3, -0.25) is 14.2 Å². The summed E-state index contributed by atoms with van der Waals surface area (Å²) in [6.07, 6.45) is 50.0. The number of quaternary nitrogens is 1. The van der Waals surface area contributed by atoms with E-state index in [1.165, 1.54) is 116 Å². The number of likely N-dealkylation sites (N-methyl/N-ethyl adjacent to an activating group) is 1. The second kappa shape index (κ2) is 43.6. The molecule has 0 fully saturated rings. The lowest BCUT2D eigenvalue weighted by Crippen LogP contribution is -2.37. The normalized spacial score (nSPS) is 14.5. The summed E-state index contributed by atoms with van der Waals surface area (Å²) >= 11 is 0. The molecule has 366 valence electrons. The molecule has 0 rings (SSSR count). The molecule has 11 heteroatoms. The van der Waals surface area contributed by atoms with Crippen molar-refractivity contribution in [1.29, 1.82) is 0 Å². The number of hydrogen-bond acceptors (Lipinski definition) is 9. The molecule has 0 aliphatic heterocycles. The molecule has 1 N–H and O–H groups in total. The molecule has 0 aliphatic rings. The molecule has 0 radical (unpaired) electrons. The third kappa shape index (κ3) is 47.5. The Kier molecular flexibility index (Phi) is 41.9. The maximum absolute atomic E-state index is 12.7. The van der Waals surface area contributed by atoms with Crippen molar-refractivity contribution in [3.05, 3.63) is 60.8 Å². The van der Waals surface area contributed by atoms with Gasteiger partial charge in [-0.25, -0.2) is 0 Å². The third-order valence-electron chi connectivity index (χ3n) is 10.6. The van der Waals surface area contributed by atoms with Gasteiger partial charge in [-0.1, -0.05) is 177 Å². The first kappa shape index (κ1) is 60.7. The summed E-state index contributed by atoms with van der Waals surface area (Å²) in [5, 5.41) is 10.1. The molecule has 63 heavy (non-hydrogen) atoms. The number of hydrogen-bond donors (Lipinski definition) is 1. The van der Waals surface area contributed by atoms with E-state index in [1.807, 2.05) is 57.6 Å². The molecule has 0 heterocycles. The second-order valence-electron chi connectivity index (χ2n) is 18.0. The van der Waals surface area contributed by atoms with Crippen molar-refractivity contribution in [1.82, 2.24) is 0 Å². The first-order valence-corrected chi connectivity index (χ1v) is 26.6. The minimum atomic E-state index is -4.66. The number of carbonyl (C=O) groups excluding carboxylic acids is 2. The number of aliphatic hydroxyl groups is 1. The van der Waals surface area contributed by atoms with Gasteiger partial charge in [0.25, 0.3) is 7.82 Å². The van der Waals surface area contributed by atoms with Crippen LogP contribution in [0.4, 0.5) is 0 Å². The lowest BCUT2D eigenvalue weighted by Gasteiger charge is -2.28. The molecule has 0 spiro atoms. The van der Waals surface area contributed by atoms with Gasteiger partial charge >= 0.3 is 11.9 Å². The highest BCUT2D eigenvalue weighted by atomic mass is 31.2. The SMILES string of the molecule is CCCCC/C=C\C=C/[C@H](O)C/C=C\C/C=C/CCCC(=O)O[C@H](COC(=O)CCCCCCCCCCCCC/C=C\CCCCCCCC)COP(=O)([O-])OCC[N+](C)(C)C. The number of phosphoric acid groups is 1.